The van der Waals surface area contributed by atoms with Crippen LogP contribution in [0.2, 0.25) is 0 Å². The van der Waals surface area contributed by atoms with Crippen LogP contribution in [-0.4, -0.2) is 28.6 Å². The topological polar surface area (TPSA) is 78.3 Å². The molecule has 0 unspecified atom stereocenters. The van der Waals surface area contributed by atoms with Crippen molar-refractivity contribution in [2.24, 2.45) is 5.11 Å². The monoisotopic (exact) mass is 394 g/mol. The third kappa shape index (κ3) is 6.63. The molecule has 3 atom stereocenters. The first-order valence-corrected chi connectivity index (χ1v) is 9.84. The third-order valence-electron chi connectivity index (χ3n) is 4.79. The van der Waals surface area contributed by atoms with Crippen molar-refractivity contribution in [3.8, 4) is 0 Å². The van der Waals surface area contributed by atoms with Gasteiger partial charge in [-0.3, -0.25) is 9.69 Å². The fraction of sp³-hybridized carbons (Fsp3) is 0.435. The molecule has 0 spiro atoms. The highest BCUT2D eigenvalue weighted by Crippen LogP contribution is 2.27. The molecule has 0 amide bonds. The van der Waals surface area contributed by atoms with Crippen molar-refractivity contribution < 1.29 is 9.53 Å². The van der Waals surface area contributed by atoms with E-state index in [1.807, 2.05) is 55.5 Å². The lowest BCUT2D eigenvalue weighted by molar-refractivity contribution is -0.158. The average molecular weight is 395 g/mol. The van der Waals surface area contributed by atoms with Crippen molar-refractivity contribution in [2.45, 2.75) is 64.9 Å². The average Bonchev–Trinajstić information content (AvgIpc) is 2.69. The summed E-state index contributed by atoms with van der Waals surface area (Å²) in [5.74, 6) is -0.513. The molecule has 29 heavy (non-hydrogen) atoms. The van der Waals surface area contributed by atoms with Crippen LogP contribution >= 0.6 is 0 Å². The fourth-order valence-corrected chi connectivity index (χ4v) is 3.29. The van der Waals surface area contributed by atoms with Gasteiger partial charge in [0.15, 0.2) is 6.04 Å². The van der Waals surface area contributed by atoms with E-state index in [0.717, 1.165) is 11.1 Å². The molecule has 154 valence electrons. The molecule has 0 bridgehead atoms. The standard InChI is InChI=1S/C23H30N4O2/c1-17(20-14-10-7-11-15-20)27(16-19-12-8-6-9-13-19)18(2)21(25-26-24)22(28)29-23(3,4)5/h6-15,17-18,21H,16H2,1-5H3/t17-,18-,21-/m0/s1. The highest BCUT2D eigenvalue weighted by atomic mass is 16.6. The van der Waals surface area contributed by atoms with Crippen molar-refractivity contribution in [1.82, 2.24) is 4.90 Å². The van der Waals surface area contributed by atoms with E-state index < -0.39 is 17.6 Å². The normalized spacial score (nSPS) is 14.6. The highest BCUT2D eigenvalue weighted by molar-refractivity contribution is 5.77. The minimum absolute atomic E-state index is 0.00485. The van der Waals surface area contributed by atoms with Gasteiger partial charge in [-0.25, -0.2) is 0 Å². The van der Waals surface area contributed by atoms with Crippen molar-refractivity contribution in [3.05, 3.63) is 82.2 Å². The fourth-order valence-electron chi connectivity index (χ4n) is 3.29. The largest absolute Gasteiger partial charge is 0.460 e. The Kier molecular flexibility index (Phi) is 7.82. The number of esters is 1. The zero-order valence-electron chi connectivity index (χ0n) is 17.8. The Balaban J connectivity index is 2.38. The van der Waals surface area contributed by atoms with Crippen LogP contribution in [0.25, 0.3) is 10.4 Å². The van der Waals surface area contributed by atoms with Crippen LogP contribution < -0.4 is 0 Å². The Hall–Kier alpha value is -2.82. The third-order valence-corrected chi connectivity index (χ3v) is 4.79. The van der Waals surface area contributed by atoms with Gasteiger partial charge in [-0.15, -0.1) is 0 Å². The number of azide groups is 1. The van der Waals surface area contributed by atoms with E-state index >= 15 is 0 Å². The van der Waals surface area contributed by atoms with Gasteiger partial charge in [-0.2, -0.15) is 0 Å². The number of nitrogens with zero attached hydrogens (tertiary/aromatic N) is 4. The number of hydrogen-bond donors (Lipinski definition) is 0. The van der Waals surface area contributed by atoms with Gasteiger partial charge >= 0.3 is 5.97 Å². The second-order valence-electron chi connectivity index (χ2n) is 8.17. The van der Waals surface area contributed by atoms with Crippen LogP contribution in [0.1, 0.15) is 51.8 Å². The van der Waals surface area contributed by atoms with Gasteiger partial charge in [-0.1, -0.05) is 65.8 Å². The molecular formula is C23H30N4O2. The van der Waals surface area contributed by atoms with Crippen LogP contribution in [-0.2, 0) is 16.1 Å². The summed E-state index contributed by atoms with van der Waals surface area (Å²) in [5, 5.41) is 3.81. The lowest BCUT2D eigenvalue weighted by Gasteiger charge is -2.37. The lowest BCUT2D eigenvalue weighted by atomic mass is 10.0. The van der Waals surface area contributed by atoms with E-state index in [9.17, 15) is 4.79 Å². The molecule has 2 aromatic rings. The van der Waals surface area contributed by atoms with Crippen LogP contribution in [0.5, 0.6) is 0 Å². The number of rotatable bonds is 8. The molecule has 0 N–H and O–H groups in total. The molecule has 0 aliphatic rings. The molecule has 0 fully saturated rings. The van der Waals surface area contributed by atoms with E-state index in [0.29, 0.717) is 6.54 Å². The number of hydrogen-bond acceptors (Lipinski definition) is 4. The molecule has 0 radical (unpaired) electrons. The maximum absolute atomic E-state index is 12.8. The number of carbonyl (C=O) groups is 1. The Morgan fingerprint density at radius 3 is 2.14 bits per heavy atom. The van der Waals surface area contributed by atoms with Gasteiger partial charge in [-0.05, 0) is 51.3 Å². The maximum atomic E-state index is 12.8. The second kappa shape index (κ2) is 10.1. The molecule has 2 rings (SSSR count). The zero-order valence-corrected chi connectivity index (χ0v) is 17.8. The van der Waals surface area contributed by atoms with E-state index in [2.05, 4.69) is 34.0 Å². The lowest BCUT2D eigenvalue weighted by Crippen LogP contribution is -2.47. The summed E-state index contributed by atoms with van der Waals surface area (Å²) in [6.45, 7) is 10.0. The second-order valence-corrected chi connectivity index (χ2v) is 8.17. The summed E-state index contributed by atoms with van der Waals surface area (Å²) >= 11 is 0. The Bertz CT molecular complexity index is 827. The molecular weight excluding hydrogens is 364 g/mol. The van der Waals surface area contributed by atoms with Crippen LogP contribution in [0.15, 0.2) is 65.8 Å². The van der Waals surface area contributed by atoms with Crippen molar-refractivity contribution in [2.75, 3.05) is 0 Å². The zero-order chi connectivity index (χ0) is 21.4. The number of carbonyl (C=O) groups excluding carboxylic acids is 1. The Labute approximate surface area is 173 Å². The summed E-state index contributed by atoms with van der Waals surface area (Å²) in [7, 11) is 0. The van der Waals surface area contributed by atoms with E-state index in [1.165, 1.54) is 0 Å². The predicted molar refractivity (Wildman–Crippen MR) is 115 cm³/mol. The van der Waals surface area contributed by atoms with Gasteiger partial charge in [0.2, 0.25) is 0 Å². The first-order valence-electron chi connectivity index (χ1n) is 9.84. The molecule has 6 nitrogen and oxygen atoms in total. The van der Waals surface area contributed by atoms with E-state index in [4.69, 9.17) is 10.3 Å². The molecule has 0 aliphatic heterocycles. The van der Waals surface area contributed by atoms with Gasteiger partial charge in [0.05, 0.1) is 0 Å². The summed E-state index contributed by atoms with van der Waals surface area (Å²) in [6, 6.07) is 18.8. The summed E-state index contributed by atoms with van der Waals surface area (Å²) < 4.78 is 5.53. The first-order chi connectivity index (χ1) is 13.7. The number of benzene rings is 2. The molecule has 6 heteroatoms. The summed E-state index contributed by atoms with van der Waals surface area (Å²) in [4.78, 5) is 17.9. The van der Waals surface area contributed by atoms with Crippen molar-refractivity contribution in [3.63, 3.8) is 0 Å². The SMILES string of the molecule is C[C@@H](c1ccccc1)N(Cc1ccccc1)[C@@H](C)[C@H](N=[N+]=[N-])C(=O)OC(C)(C)C. The molecule has 2 aromatic carbocycles. The molecule has 0 saturated heterocycles. The minimum atomic E-state index is -0.950. The van der Waals surface area contributed by atoms with Gasteiger partial charge in [0, 0.05) is 23.5 Å². The smallest absolute Gasteiger partial charge is 0.317 e. The minimum Gasteiger partial charge on any atom is -0.460 e. The molecule has 0 saturated carbocycles. The van der Waals surface area contributed by atoms with Gasteiger partial charge in [0.25, 0.3) is 0 Å². The molecule has 0 aliphatic carbocycles. The maximum Gasteiger partial charge on any atom is 0.317 e. The van der Waals surface area contributed by atoms with Gasteiger partial charge in [0.1, 0.15) is 5.60 Å². The Morgan fingerprint density at radius 2 is 1.62 bits per heavy atom. The van der Waals surface area contributed by atoms with Crippen LogP contribution in [0.4, 0.5) is 0 Å². The van der Waals surface area contributed by atoms with Crippen LogP contribution in [0.3, 0.4) is 0 Å². The first kappa shape index (κ1) is 22.5. The Morgan fingerprint density at radius 1 is 1.07 bits per heavy atom. The van der Waals surface area contributed by atoms with Gasteiger partial charge < -0.3 is 4.74 Å². The van der Waals surface area contributed by atoms with Crippen LogP contribution in [0, 0.1) is 0 Å². The van der Waals surface area contributed by atoms with E-state index in [1.54, 1.807) is 20.8 Å². The van der Waals surface area contributed by atoms with Crippen molar-refractivity contribution in [1.29, 1.82) is 0 Å². The summed E-state index contributed by atoms with van der Waals surface area (Å²) in [5.41, 5.74) is 10.7. The van der Waals surface area contributed by atoms with Crippen molar-refractivity contribution >= 4 is 5.97 Å². The summed E-state index contributed by atoms with van der Waals surface area (Å²) in [6.07, 6.45) is 0. The molecule has 0 aromatic heterocycles. The quantitative estimate of drug-likeness (QED) is 0.251. The predicted octanol–water partition coefficient (Wildman–Crippen LogP) is 5.66. The molecule has 0 heterocycles. The van der Waals surface area contributed by atoms with E-state index in [-0.39, 0.29) is 12.1 Å². The highest BCUT2D eigenvalue weighted by Gasteiger charge is 2.34. The number of ether oxygens (including phenoxy) is 1.